The molecular formula is C61H40N2. The van der Waals surface area contributed by atoms with Gasteiger partial charge in [0.2, 0.25) is 0 Å². The van der Waals surface area contributed by atoms with Crippen LogP contribution in [0.15, 0.2) is 243 Å². The maximum atomic E-state index is 2.49. The molecule has 2 aliphatic rings. The van der Waals surface area contributed by atoms with E-state index in [1.165, 1.54) is 94.3 Å². The van der Waals surface area contributed by atoms with Crippen molar-refractivity contribution in [3.8, 4) is 50.2 Å². The van der Waals surface area contributed by atoms with E-state index in [0.717, 1.165) is 17.1 Å². The molecule has 0 saturated carbocycles. The number of hydrogen-bond donors (Lipinski definition) is 0. The molecule has 63 heavy (non-hydrogen) atoms. The molecule has 0 fully saturated rings. The van der Waals surface area contributed by atoms with Crippen LogP contribution in [0.1, 0.15) is 22.3 Å². The smallest absolute Gasteiger partial charge is 0.0726 e. The van der Waals surface area contributed by atoms with Crippen molar-refractivity contribution in [2.45, 2.75) is 5.41 Å². The van der Waals surface area contributed by atoms with Crippen molar-refractivity contribution in [1.82, 2.24) is 4.57 Å². The van der Waals surface area contributed by atoms with E-state index >= 15 is 0 Å². The van der Waals surface area contributed by atoms with Crippen LogP contribution in [0.5, 0.6) is 0 Å². The fraction of sp³-hybridized carbons (Fsp3) is 0.0164. The summed E-state index contributed by atoms with van der Waals surface area (Å²) in [7, 11) is 0. The summed E-state index contributed by atoms with van der Waals surface area (Å²) >= 11 is 0. The van der Waals surface area contributed by atoms with Crippen molar-refractivity contribution in [1.29, 1.82) is 0 Å². The van der Waals surface area contributed by atoms with E-state index in [1.54, 1.807) is 0 Å². The third kappa shape index (κ3) is 5.25. The van der Waals surface area contributed by atoms with Crippen LogP contribution < -0.4 is 4.90 Å². The van der Waals surface area contributed by atoms with E-state index in [0.29, 0.717) is 0 Å². The third-order valence-corrected chi connectivity index (χ3v) is 13.6. The van der Waals surface area contributed by atoms with Gasteiger partial charge in [-0.1, -0.05) is 170 Å². The fourth-order valence-corrected chi connectivity index (χ4v) is 11.0. The van der Waals surface area contributed by atoms with Crippen LogP contribution in [-0.2, 0) is 5.41 Å². The van der Waals surface area contributed by atoms with Gasteiger partial charge in [-0.25, -0.2) is 0 Å². The molecule has 2 heteroatoms. The van der Waals surface area contributed by atoms with Crippen molar-refractivity contribution in [2.75, 3.05) is 4.90 Å². The second kappa shape index (κ2) is 13.9. The lowest BCUT2D eigenvalue weighted by atomic mass is 9.70. The van der Waals surface area contributed by atoms with Crippen molar-refractivity contribution in [3.05, 3.63) is 265 Å². The van der Waals surface area contributed by atoms with E-state index in [4.69, 9.17) is 0 Å². The Bertz CT molecular complexity index is 3480. The molecule has 0 N–H and O–H groups in total. The standard InChI is InChI=1S/C61H40N2/c1-3-20-45(21-4-1)62(46-22-5-2-6-23-46)47-24-16-19-43(38-47)41-17-15-18-42(37-41)44-33-36-60-54(39-44)53-28-10-14-32-59(53)63(60)48-34-35-52-51-27-9-13-31-57(51)61(58(52)40-48)55-29-11-7-25-49(55)50-26-8-12-30-56(50)61/h1-40H. The Morgan fingerprint density at radius 3 is 1.40 bits per heavy atom. The summed E-state index contributed by atoms with van der Waals surface area (Å²) in [6.45, 7) is 0. The average Bonchev–Trinajstić information content (AvgIpc) is 3.96. The van der Waals surface area contributed by atoms with Gasteiger partial charge in [0.05, 0.1) is 16.4 Å². The summed E-state index contributed by atoms with van der Waals surface area (Å²) in [5.41, 5.74) is 22.0. The number of rotatable bonds is 6. The van der Waals surface area contributed by atoms with Crippen LogP contribution in [0.25, 0.3) is 72.0 Å². The fourth-order valence-electron chi connectivity index (χ4n) is 11.0. The molecule has 0 radical (unpaired) electrons. The molecule has 11 aromatic rings. The molecule has 0 saturated heterocycles. The van der Waals surface area contributed by atoms with Gasteiger partial charge >= 0.3 is 0 Å². The van der Waals surface area contributed by atoms with Crippen LogP contribution in [0.4, 0.5) is 17.1 Å². The lowest BCUT2D eigenvalue weighted by Gasteiger charge is -2.30. The molecular weight excluding hydrogens is 761 g/mol. The third-order valence-electron chi connectivity index (χ3n) is 13.6. The predicted molar refractivity (Wildman–Crippen MR) is 263 cm³/mol. The first kappa shape index (κ1) is 35.5. The highest BCUT2D eigenvalue weighted by Gasteiger charge is 2.51. The quantitative estimate of drug-likeness (QED) is 0.163. The number of para-hydroxylation sites is 3. The highest BCUT2D eigenvalue weighted by molar-refractivity contribution is 6.11. The Balaban J connectivity index is 0.934. The molecule has 13 rings (SSSR count). The minimum absolute atomic E-state index is 0.396. The zero-order chi connectivity index (χ0) is 41.5. The first-order valence-corrected chi connectivity index (χ1v) is 21.8. The van der Waals surface area contributed by atoms with Gasteiger partial charge in [-0.2, -0.15) is 0 Å². The summed E-state index contributed by atoms with van der Waals surface area (Å²) in [5.74, 6) is 0. The van der Waals surface area contributed by atoms with Gasteiger partial charge < -0.3 is 9.47 Å². The molecule has 2 nitrogen and oxygen atoms in total. The van der Waals surface area contributed by atoms with E-state index in [-0.39, 0.29) is 0 Å². The molecule has 1 heterocycles. The lowest BCUT2D eigenvalue weighted by molar-refractivity contribution is 0.792. The molecule has 0 unspecified atom stereocenters. The molecule has 0 amide bonds. The summed E-state index contributed by atoms with van der Waals surface area (Å²) in [6, 6.07) is 89.3. The Morgan fingerprint density at radius 1 is 0.286 bits per heavy atom. The first-order valence-electron chi connectivity index (χ1n) is 21.8. The van der Waals surface area contributed by atoms with Gasteiger partial charge in [0.1, 0.15) is 0 Å². The lowest BCUT2D eigenvalue weighted by Crippen LogP contribution is -2.26. The maximum Gasteiger partial charge on any atom is 0.0726 e. The molecule has 1 spiro atoms. The molecule has 10 aromatic carbocycles. The summed E-state index contributed by atoms with van der Waals surface area (Å²) in [4.78, 5) is 2.32. The number of aromatic nitrogens is 1. The number of benzene rings is 10. The summed E-state index contributed by atoms with van der Waals surface area (Å²) in [5, 5.41) is 2.49. The predicted octanol–water partition coefficient (Wildman–Crippen LogP) is 15.9. The SMILES string of the molecule is c1ccc(N(c2ccccc2)c2cccc(-c3cccc(-c4ccc5c(c4)c4ccccc4n5-c4ccc5c(c4)C4(c6ccccc6-c6ccccc64)c4ccccc4-5)c3)c2)cc1. The normalized spacial score (nSPS) is 12.9. The summed E-state index contributed by atoms with van der Waals surface area (Å²) in [6.07, 6.45) is 0. The van der Waals surface area contributed by atoms with E-state index in [1.807, 2.05) is 0 Å². The highest BCUT2D eigenvalue weighted by atomic mass is 15.1. The van der Waals surface area contributed by atoms with Crippen LogP contribution >= 0.6 is 0 Å². The maximum absolute atomic E-state index is 2.49. The van der Waals surface area contributed by atoms with Crippen molar-refractivity contribution in [2.24, 2.45) is 0 Å². The Kier molecular flexibility index (Phi) is 7.85. The van der Waals surface area contributed by atoms with E-state index in [9.17, 15) is 0 Å². The van der Waals surface area contributed by atoms with E-state index in [2.05, 4.69) is 252 Å². The number of fused-ring (bicyclic) bond motifs is 13. The molecule has 0 bridgehead atoms. The van der Waals surface area contributed by atoms with Gasteiger partial charge in [-0.05, 0) is 140 Å². The van der Waals surface area contributed by atoms with Gasteiger partial charge in [-0.15, -0.1) is 0 Å². The van der Waals surface area contributed by atoms with Crippen molar-refractivity contribution < 1.29 is 0 Å². The molecule has 294 valence electrons. The number of anilines is 3. The van der Waals surface area contributed by atoms with Gasteiger partial charge in [-0.3, -0.25) is 0 Å². The average molecular weight is 801 g/mol. The zero-order valence-electron chi connectivity index (χ0n) is 34.5. The minimum atomic E-state index is -0.396. The largest absolute Gasteiger partial charge is 0.310 e. The molecule has 0 aliphatic heterocycles. The summed E-state index contributed by atoms with van der Waals surface area (Å²) < 4.78 is 2.48. The first-order chi connectivity index (χ1) is 31.3. The van der Waals surface area contributed by atoms with Crippen LogP contribution in [0.2, 0.25) is 0 Å². The van der Waals surface area contributed by atoms with Gasteiger partial charge in [0, 0.05) is 33.5 Å². The highest BCUT2D eigenvalue weighted by Crippen LogP contribution is 2.63. The Labute approximate surface area is 367 Å². The van der Waals surface area contributed by atoms with Crippen molar-refractivity contribution in [3.63, 3.8) is 0 Å². The minimum Gasteiger partial charge on any atom is -0.310 e. The topological polar surface area (TPSA) is 8.17 Å². The van der Waals surface area contributed by atoms with Crippen LogP contribution in [0.3, 0.4) is 0 Å². The van der Waals surface area contributed by atoms with Crippen LogP contribution in [-0.4, -0.2) is 4.57 Å². The second-order valence-electron chi connectivity index (χ2n) is 16.8. The Morgan fingerprint density at radius 2 is 0.762 bits per heavy atom. The van der Waals surface area contributed by atoms with Gasteiger partial charge in [0.15, 0.2) is 0 Å². The van der Waals surface area contributed by atoms with Gasteiger partial charge in [0.25, 0.3) is 0 Å². The Hall–Kier alpha value is -8.20. The number of nitrogens with zero attached hydrogens (tertiary/aromatic N) is 2. The second-order valence-corrected chi connectivity index (χ2v) is 16.8. The van der Waals surface area contributed by atoms with Crippen molar-refractivity contribution >= 4 is 38.9 Å². The number of hydrogen-bond acceptors (Lipinski definition) is 1. The van der Waals surface area contributed by atoms with Crippen LogP contribution in [0, 0.1) is 0 Å². The molecule has 1 aromatic heterocycles. The van der Waals surface area contributed by atoms with E-state index < -0.39 is 5.41 Å². The molecule has 2 aliphatic carbocycles. The monoisotopic (exact) mass is 800 g/mol. The zero-order valence-corrected chi connectivity index (χ0v) is 34.5. The molecule has 0 atom stereocenters.